The molecule has 2 aromatic carbocycles. The lowest BCUT2D eigenvalue weighted by atomic mass is 10.3. The molecule has 1 amide bonds. The Morgan fingerprint density at radius 3 is 2.70 bits per heavy atom. The van der Waals surface area contributed by atoms with Crippen molar-refractivity contribution >= 4 is 57.4 Å². The van der Waals surface area contributed by atoms with Crippen LogP contribution in [-0.2, 0) is 4.79 Å². The van der Waals surface area contributed by atoms with Crippen LogP contribution in [0.4, 0.5) is 5.69 Å². The first-order chi connectivity index (χ1) is 9.56. The molecule has 3 nitrogen and oxygen atoms in total. The Labute approximate surface area is 140 Å². The Balaban J connectivity index is 1.96. The maximum atomic E-state index is 11.8. The highest BCUT2D eigenvalue weighted by molar-refractivity contribution is 14.1. The van der Waals surface area contributed by atoms with Crippen molar-refractivity contribution in [3.05, 3.63) is 56.1 Å². The van der Waals surface area contributed by atoms with Crippen molar-refractivity contribution < 1.29 is 9.53 Å². The lowest BCUT2D eigenvalue weighted by molar-refractivity contribution is -0.118. The molecule has 0 aliphatic heterocycles. The lowest BCUT2D eigenvalue weighted by Gasteiger charge is -2.10. The van der Waals surface area contributed by atoms with Gasteiger partial charge in [0.1, 0.15) is 5.75 Å². The van der Waals surface area contributed by atoms with E-state index in [1.54, 1.807) is 18.2 Å². The van der Waals surface area contributed by atoms with Gasteiger partial charge < -0.3 is 10.1 Å². The highest BCUT2D eigenvalue weighted by atomic mass is 127. The number of amides is 1. The van der Waals surface area contributed by atoms with Gasteiger partial charge >= 0.3 is 0 Å². The monoisotopic (exact) mass is 421 g/mol. The first-order valence-electron chi connectivity index (χ1n) is 5.68. The van der Waals surface area contributed by atoms with Gasteiger partial charge in [0.05, 0.1) is 10.7 Å². The van der Waals surface area contributed by atoms with Gasteiger partial charge in [0.25, 0.3) is 5.91 Å². The van der Waals surface area contributed by atoms with Gasteiger partial charge in [0, 0.05) is 14.7 Å². The summed E-state index contributed by atoms with van der Waals surface area (Å²) in [6, 6.07) is 12.3. The maximum Gasteiger partial charge on any atom is 0.262 e. The number of carbonyl (C=O) groups is 1. The number of ether oxygens (including phenoxy) is 1. The van der Waals surface area contributed by atoms with E-state index < -0.39 is 0 Å². The standard InChI is InChI=1S/C14H10Cl2INO2/c15-9-5-6-10(16)13(7-9)20-8-14(19)18-12-4-2-1-3-11(12)17/h1-7H,8H2,(H,18,19). The number of nitrogens with one attached hydrogen (secondary N) is 1. The third kappa shape index (κ3) is 4.26. The van der Waals surface area contributed by atoms with Crippen LogP contribution < -0.4 is 10.1 Å². The summed E-state index contributed by atoms with van der Waals surface area (Å²) in [7, 11) is 0. The third-order valence-corrected chi connectivity index (χ3v) is 3.89. The van der Waals surface area contributed by atoms with Gasteiger partial charge in [-0.3, -0.25) is 4.79 Å². The summed E-state index contributed by atoms with van der Waals surface area (Å²) in [4.78, 5) is 11.8. The summed E-state index contributed by atoms with van der Waals surface area (Å²) in [6.45, 7) is -0.134. The molecule has 2 rings (SSSR count). The molecule has 0 radical (unpaired) electrons. The Kier molecular flexibility index (Phi) is 5.51. The van der Waals surface area contributed by atoms with Crippen LogP contribution in [0, 0.1) is 3.57 Å². The van der Waals surface area contributed by atoms with Gasteiger partial charge in [-0.15, -0.1) is 0 Å². The van der Waals surface area contributed by atoms with Gasteiger partial charge in [0.15, 0.2) is 6.61 Å². The van der Waals surface area contributed by atoms with Gasteiger partial charge in [-0.05, 0) is 46.9 Å². The number of rotatable bonds is 4. The predicted molar refractivity (Wildman–Crippen MR) is 89.7 cm³/mol. The van der Waals surface area contributed by atoms with Crippen molar-refractivity contribution in [2.45, 2.75) is 0 Å². The summed E-state index contributed by atoms with van der Waals surface area (Å²) in [6.07, 6.45) is 0. The van der Waals surface area contributed by atoms with Crippen molar-refractivity contribution in [1.29, 1.82) is 0 Å². The molecule has 0 saturated heterocycles. The molecule has 104 valence electrons. The molecule has 0 aliphatic carbocycles. The van der Waals surface area contributed by atoms with E-state index in [2.05, 4.69) is 27.9 Å². The van der Waals surface area contributed by atoms with Crippen LogP contribution in [0.3, 0.4) is 0 Å². The van der Waals surface area contributed by atoms with Crippen molar-refractivity contribution in [2.24, 2.45) is 0 Å². The summed E-state index contributed by atoms with van der Waals surface area (Å²) in [5.74, 6) is 0.127. The fraction of sp³-hybridized carbons (Fsp3) is 0.0714. The van der Waals surface area contributed by atoms with Crippen LogP contribution in [0.5, 0.6) is 5.75 Å². The summed E-state index contributed by atoms with van der Waals surface area (Å²) in [5.41, 5.74) is 0.749. The topological polar surface area (TPSA) is 38.3 Å². The molecule has 0 spiro atoms. The molecular weight excluding hydrogens is 412 g/mol. The highest BCUT2D eigenvalue weighted by Gasteiger charge is 2.08. The van der Waals surface area contributed by atoms with Crippen molar-refractivity contribution in [3.8, 4) is 5.75 Å². The van der Waals surface area contributed by atoms with Crippen molar-refractivity contribution in [3.63, 3.8) is 0 Å². The number of halogens is 3. The molecule has 0 unspecified atom stereocenters. The second-order valence-electron chi connectivity index (χ2n) is 3.89. The normalized spacial score (nSPS) is 10.2. The van der Waals surface area contributed by atoms with Gasteiger partial charge in [-0.1, -0.05) is 35.3 Å². The maximum absolute atomic E-state index is 11.8. The number of para-hydroxylation sites is 1. The van der Waals surface area contributed by atoms with Crippen LogP contribution in [-0.4, -0.2) is 12.5 Å². The van der Waals surface area contributed by atoms with E-state index >= 15 is 0 Å². The molecule has 1 N–H and O–H groups in total. The van der Waals surface area contributed by atoms with Crippen LogP contribution >= 0.6 is 45.8 Å². The molecule has 0 aromatic heterocycles. The fourth-order valence-corrected chi connectivity index (χ4v) is 2.34. The van der Waals surface area contributed by atoms with E-state index in [1.807, 2.05) is 24.3 Å². The second kappa shape index (κ2) is 7.15. The zero-order valence-corrected chi connectivity index (χ0v) is 13.9. The van der Waals surface area contributed by atoms with E-state index in [9.17, 15) is 4.79 Å². The fourth-order valence-electron chi connectivity index (χ4n) is 1.48. The lowest BCUT2D eigenvalue weighted by Crippen LogP contribution is -2.20. The second-order valence-corrected chi connectivity index (χ2v) is 5.90. The highest BCUT2D eigenvalue weighted by Crippen LogP contribution is 2.27. The molecule has 2 aromatic rings. The number of hydrogen-bond acceptors (Lipinski definition) is 2. The Hall–Kier alpha value is -0.980. The number of anilines is 1. The van der Waals surface area contributed by atoms with Crippen LogP contribution in [0.2, 0.25) is 10.0 Å². The molecule has 0 saturated carbocycles. The van der Waals surface area contributed by atoms with E-state index in [0.717, 1.165) is 9.26 Å². The van der Waals surface area contributed by atoms with Crippen LogP contribution in [0.15, 0.2) is 42.5 Å². The smallest absolute Gasteiger partial charge is 0.262 e. The van der Waals surface area contributed by atoms with E-state index in [0.29, 0.717) is 15.8 Å². The first kappa shape index (κ1) is 15.4. The average molecular weight is 422 g/mol. The third-order valence-electron chi connectivity index (χ3n) is 2.40. The van der Waals surface area contributed by atoms with Gasteiger partial charge in [0.2, 0.25) is 0 Å². The number of benzene rings is 2. The molecule has 0 aliphatic rings. The SMILES string of the molecule is O=C(COc1cc(Cl)ccc1Cl)Nc1ccccc1I. The Bertz CT molecular complexity index is 634. The molecule has 6 heteroatoms. The molecule has 20 heavy (non-hydrogen) atoms. The van der Waals surface area contributed by atoms with Gasteiger partial charge in [-0.2, -0.15) is 0 Å². The Morgan fingerprint density at radius 2 is 1.95 bits per heavy atom. The first-order valence-corrected chi connectivity index (χ1v) is 7.52. The van der Waals surface area contributed by atoms with E-state index in [1.165, 1.54) is 0 Å². The molecule has 0 atom stereocenters. The van der Waals surface area contributed by atoms with Gasteiger partial charge in [-0.25, -0.2) is 0 Å². The predicted octanol–water partition coefficient (Wildman–Crippen LogP) is 4.62. The number of carbonyl (C=O) groups excluding carboxylic acids is 1. The minimum absolute atomic E-state index is 0.134. The molecule has 0 fully saturated rings. The quantitative estimate of drug-likeness (QED) is 0.731. The largest absolute Gasteiger partial charge is 0.482 e. The molecule has 0 bridgehead atoms. The van der Waals surface area contributed by atoms with Crippen molar-refractivity contribution in [1.82, 2.24) is 0 Å². The zero-order valence-electron chi connectivity index (χ0n) is 10.2. The number of hydrogen-bond donors (Lipinski definition) is 1. The van der Waals surface area contributed by atoms with E-state index in [-0.39, 0.29) is 12.5 Å². The Morgan fingerprint density at radius 1 is 1.20 bits per heavy atom. The van der Waals surface area contributed by atoms with Crippen LogP contribution in [0.1, 0.15) is 0 Å². The zero-order chi connectivity index (χ0) is 14.5. The molecule has 0 heterocycles. The van der Waals surface area contributed by atoms with Crippen molar-refractivity contribution in [2.75, 3.05) is 11.9 Å². The summed E-state index contributed by atoms with van der Waals surface area (Å²) >= 11 is 13.9. The van der Waals surface area contributed by atoms with Crippen LogP contribution in [0.25, 0.3) is 0 Å². The van der Waals surface area contributed by atoms with E-state index in [4.69, 9.17) is 27.9 Å². The minimum Gasteiger partial charge on any atom is -0.482 e. The summed E-state index contributed by atoms with van der Waals surface area (Å²) < 4.78 is 6.32. The molecular formula is C14H10Cl2INO2. The summed E-state index contributed by atoms with van der Waals surface area (Å²) in [5, 5.41) is 3.68. The minimum atomic E-state index is -0.259. The average Bonchev–Trinajstić information content (AvgIpc) is 2.42.